The minimum Gasteiger partial charge on any atom is -0.464 e. The summed E-state index contributed by atoms with van der Waals surface area (Å²) in [6.07, 6.45) is 5.26. The minimum atomic E-state index is -0.643. The van der Waals surface area contributed by atoms with Gasteiger partial charge in [-0.15, -0.1) is 0 Å². The number of esters is 8. The lowest BCUT2D eigenvalue weighted by Gasteiger charge is -2.09. The Morgan fingerprint density at radius 2 is 0.597 bits per heavy atom. The first kappa shape index (κ1) is 113. The van der Waals surface area contributed by atoms with Crippen LogP contribution < -0.4 is 42.5 Å². The average molecular weight is 2340 g/mol. The van der Waals surface area contributed by atoms with Gasteiger partial charge >= 0.3 is 47.8 Å². The number of hydrogen-bond donors (Lipinski definition) is 8. The van der Waals surface area contributed by atoms with Crippen LogP contribution in [-0.2, 0) is 166 Å². The molecule has 48 heteroatoms. The Labute approximate surface area is 866 Å². The smallest absolute Gasteiger partial charge is 0.328 e. The molecule has 44 nitrogen and oxygen atoms in total. The molecule has 8 saturated heterocycles. The van der Waals surface area contributed by atoms with E-state index in [4.69, 9.17) is 55.0 Å². The highest BCUT2D eigenvalue weighted by atomic mass is 127. The fourth-order valence-electron chi connectivity index (χ4n) is 14.0. The van der Waals surface area contributed by atoms with Crippen molar-refractivity contribution in [3.63, 3.8) is 0 Å². The van der Waals surface area contributed by atoms with Crippen LogP contribution in [0.25, 0.3) is 10.4 Å². The van der Waals surface area contributed by atoms with E-state index in [1.807, 2.05) is 78.9 Å². The average Bonchev–Trinajstić information content (AvgIpc) is 1.32. The third-order valence-electron chi connectivity index (χ3n) is 21.3. The number of para-hydroxylation sites is 1. The van der Waals surface area contributed by atoms with E-state index < -0.39 is 86.9 Å². The van der Waals surface area contributed by atoms with E-state index in [1.165, 1.54) is 60.7 Å². The minimum absolute atomic E-state index is 0.00847. The number of carbonyl (C=O) groups excluding carboxylic acids is 16. The third-order valence-corrected chi connectivity index (χ3v) is 24.1. The molecule has 758 valence electrons. The number of carbonyl (C=O) groups is 16. The summed E-state index contributed by atoms with van der Waals surface area (Å²) in [6.45, 7) is 2.82. The van der Waals surface area contributed by atoms with Gasteiger partial charge in [-0.25, -0.2) is 38.4 Å². The molecule has 8 atom stereocenters. The van der Waals surface area contributed by atoms with Gasteiger partial charge in [-0.1, -0.05) is 144 Å². The number of halogens is 4. The molecule has 0 aromatic heterocycles. The second-order valence-electron chi connectivity index (χ2n) is 32.1. The predicted molar refractivity (Wildman–Crippen MR) is 533 cm³/mol. The van der Waals surface area contributed by atoms with E-state index in [2.05, 4.69) is 120 Å². The van der Waals surface area contributed by atoms with Crippen molar-refractivity contribution >= 4 is 197 Å². The van der Waals surface area contributed by atoms with Gasteiger partial charge in [0.25, 0.3) is 17.1 Å². The van der Waals surface area contributed by atoms with Crippen LogP contribution in [0, 0.1) is 41.1 Å². The molecule has 8 heterocycles. The van der Waals surface area contributed by atoms with Crippen LogP contribution in [0.5, 0.6) is 0 Å². The van der Waals surface area contributed by atoms with Crippen molar-refractivity contribution in [1.82, 2.24) is 42.5 Å². The molecule has 8 aromatic rings. The van der Waals surface area contributed by atoms with Gasteiger partial charge in [-0.2, -0.15) is 0 Å². The fraction of sp³-hybridized carbons (Fsp3) is 0.333. The molecule has 8 aromatic carbocycles. The molecule has 8 amide bonds. The Morgan fingerprint density at radius 3 is 0.917 bits per heavy atom. The van der Waals surface area contributed by atoms with Crippen LogP contribution in [0.1, 0.15) is 95.9 Å². The van der Waals surface area contributed by atoms with Crippen LogP contribution in [0.4, 0.5) is 22.7 Å². The number of azide groups is 1. The quantitative estimate of drug-likeness (QED) is 0.00333. The number of benzene rings is 8. The lowest BCUT2D eigenvalue weighted by Crippen LogP contribution is -2.38. The van der Waals surface area contributed by atoms with Crippen LogP contribution >= 0.6 is 79.4 Å². The number of nitrogens with zero attached hydrogens (tertiary/aromatic N) is 6. The zero-order valence-electron chi connectivity index (χ0n) is 76.5. The van der Waals surface area contributed by atoms with Crippen molar-refractivity contribution in [3.8, 4) is 0 Å². The molecule has 0 spiro atoms. The van der Waals surface area contributed by atoms with E-state index in [0.29, 0.717) is 144 Å². The molecule has 8 aliphatic heterocycles. The van der Waals surface area contributed by atoms with Gasteiger partial charge in [0.1, 0.15) is 48.3 Å². The number of nitrogens with one attached hydrogen (secondary N) is 8. The first-order valence-corrected chi connectivity index (χ1v) is 48.1. The topological polar surface area (TPSA) is 621 Å². The molecular formula is C96H96ClI3N14O30. The lowest BCUT2D eigenvalue weighted by molar-refractivity contribution is -0.385. The van der Waals surface area contributed by atoms with Crippen LogP contribution in [0.15, 0.2) is 199 Å². The van der Waals surface area contributed by atoms with Crippen LogP contribution in [0.3, 0.4) is 0 Å². The van der Waals surface area contributed by atoms with Gasteiger partial charge in [0.15, 0.2) is 0 Å². The highest BCUT2D eigenvalue weighted by Crippen LogP contribution is 2.24. The number of cyclic esters (lactones) is 8. The van der Waals surface area contributed by atoms with E-state index >= 15 is 0 Å². The first-order chi connectivity index (χ1) is 69.0. The first-order valence-electron chi connectivity index (χ1n) is 44.5. The maximum atomic E-state index is 11.7. The maximum absolute atomic E-state index is 11.7. The van der Waals surface area contributed by atoms with Crippen molar-refractivity contribution in [2.24, 2.45) is 5.11 Å². The molecule has 8 N–H and O–H groups in total. The zero-order valence-corrected chi connectivity index (χ0v) is 83.7. The molecule has 0 bridgehead atoms. The Morgan fingerprint density at radius 1 is 0.312 bits per heavy atom. The number of amides is 8. The van der Waals surface area contributed by atoms with Gasteiger partial charge in [0, 0.05) is 114 Å². The second-order valence-corrected chi connectivity index (χ2v) is 36.1. The largest absolute Gasteiger partial charge is 0.464 e. The highest BCUT2D eigenvalue weighted by Gasteiger charge is 2.35. The van der Waals surface area contributed by atoms with E-state index in [-0.39, 0.29) is 127 Å². The predicted octanol–water partition coefficient (Wildman–Crippen LogP) is 8.42. The SMILES string of the molecule is O=C(Cc1ccc(I)cc1)N[C@@H]1CCOC1=O.O=C(Cc1ccc([N+](=O)[O-])cc1)N[C@@H]1CCOC1=O.O=C(Cc1cccc(I)c1)N[C@@H]1CCOC1=O.O=C(Cc1cccc([N+](=O)[O-])c1)N[C@@H]1CCOC1=O.O=C(Cc1ccccc1Cl)N[C@@H]1CCOC1=O.O=C(Cc1ccccc1I)N[C@@H]1CCOC1=O.O=C(Cc1ccccc1[N+](=O)[O-])N[C@@H]1CCOC1=O.[N-]=[N+]=Nc1ccc(CC(=O)N[C@@H]2CCOC2=O)cc1. The summed E-state index contributed by atoms with van der Waals surface area (Å²) in [7, 11) is 0. The molecule has 0 aliphatic carbocycles. The standard InChI is InChI=1S/C12H12ClNO3.3C12H12INO3.C12H12N4O3.3C12H12N2O5/c13-9-4-2-1-3-8(9)7-11(15)14-10-5-6-17-12(10)16;13-9-3-1-8(2-4-9)7-11(15)14-10-5-6-17-12(10)16;13-9-3-1-2-8(6-9)7-11(15)14-10-4-5-17-12(10)16;13-9-4-2-1-3-8(9)7-11(15)14-10-5-6-17-12(10)16;13-16-15-9-3-1-8(2-4-9)7-11(17)14-10-5-6-19-12(10)18;15-11(13-10-5-6-19-12(10)16)7-8-1-3-9(4-2-8)14(17)18;15-11(13-10-4-5-19-12(10)16)7-8-2-1-3-9(6-8)14(17)18;15-11(13-9-5-6-19-12(9)16)7-8-3-1-2-4-10(8)14(17)18/h2*1-4,10H,5-7H2,(H,14,15);1-3,6,10H,4-5,7H2,(H,14,15);1-4,10H,5-7H2,(H,14,15);1-4,10H,5-7H2,(H,14,17);1-4,10H,5-7H2,(H,13,15);1-3,6,10H,4-5,7H2,(H,13,15);1-4,9H,5-7H2,(H,13,15)/t7*10-;9-/m11111111/s1. The van der Waals surface area contributed by atoms with Crippen molar-refractivity contribution < 1.29 is 129 Å². The Kier molecular flexibility index (Phi) is 45.9. The Hall–Kier alpha value is -14.7. The second kappa shape index (κ2) is 58.6. The van der Waals surface area contributed by atoms with Crippen LogP contribution in [0.2, 0.25) is 5.02 Å². The number of hydrogen-bond acceptors (Lipinski definition) is 31. The normalized spacial score (nSPS) is 18.3. The summed E-state index contributed by atoms with van der Waals surface area (Å²) in [5.41, 5.74) is 14.4. The highest BCUT2D eigenvalue weighted by molar-refractivity contribution is 14.1. The van der Waals surface area contributed by atoms with E-state index in [1.54, 1.807) is 54.6 Å². The van der Waals surface area contributed by atoms with Crippen molar-refractivity contribution in [3.05, 3.63) is 295 Å². The molecular weight excluding hydrogens is 2250 g/mol. The van der Waals surface area contributed by atoms with Gasteiger partial charge < -0.3 is 80.4 Å². The molecule has 8 fully saturated rings. The monoisotopic (exact) mass is 2340 g/mol. The Bertz CT molecular complexity index is 5880. The number of nitro groups is 3. The molecule has 8 aliphatic rings. The van der Waals surface area contributed by atoms with Gasteiger partial charge in [-0.3, -0.25) is 68.7 Å². The van der Waals surface area contributed by atoms with Crippen molar-refractivity contribution in [1.29, 1.82) is 0 Å². The Balaban J connectivity index is 0.000000183. The summed E-state index contributed by atoms with van der Waals surface area (Å²) in [6, 6.07) is 50.3. The number of ether oxygens (including phenoxy) is 8. The van der Waals surface area contributed by atoms with Gasteiger partial charge in [0.05, 0.1) is 119 Å². The summed E-state index contributed by atoms with van der Waals surface area (Å²) in [5.74, 6) is -5.04. The summed E-state index contributed by atoms with van der Waals surface area (Å²) < 4.78 is 41.3. The number of rotatable bonds is 28. The van der Waals surface area contributed by atoms with Gasteiger partial charge in [-0.05, 0) is 149 Å². The van der Waals surface area contributed by atoms with E-state index in [0.717, 1.165) is 38.5 Å². The van der Waals surface area contributed by atoms with Crippen molar-refractivity contribution in [2.45, 2.75) is 151 Å². The lowest BCUT2D eigenvalue weighted by atomic mass is 10.1. The molecule has 144 heavy (non-hydrogen) atoms. The van der Waals surface area contributed by atoms with Gasteiger partial charge in [0.2, 0.25) is 47.3 Å². The molecule has 0 saturated carbocycles. The molecule has 16 rings (SSSR count). The summed E-state index contributed by atoms with van der Waals surface area (Å²) in [4.78, 5) is 216. The molecule has 0 radical (unpaired) electrons. The zero-order chi connectivity index (χ0) is 104. The number of non-ortho nitro benzene ring substituents is 2. The van der Waals surface area contributed by atoms with Crippen molar-refractivity contribution in [2.75, 3.05) is 52.9 Å². The third kappa shape index (κ3) is 39.3. The summed E-state index contributed by atoms with van der Waals surface area (Å²) >= 11 is 12.5. The number of nitro benzene ring substituents is 3. The fourth-order valence-corrected chi connectivity index (χ4v) is 15.8. The maximum Gasteiger partial charge on any atom is 0.328 e. The van der Waals surface area contributed by atoms with E-state index in [9.17, 15) is 107 Å². The summed E-state index contributed by atoms with van der Waals surface area (Å²) in [5, 5.41) is 56.8. The van der Waals surface area contributed by atoms with Crippen LogP contribution in [-0.4, -0.2) is 211 Å². The molecule has 0 unspecified atom stereocenters.